The average molecular weight is 310 g/mol. The largest absolute Gasteiger partial charge is 0.496 e. The van der Waals surface area contributed by atoms with E-state index in [1.807, 2.05) is 0 Å². The van der Waals surface area contributed by atoms with Gasteiger partial charge in [-0.1, -0.05) is 6.07 Å². The third-order valence-corrected chi connectivity index (χ3v) is 4.07. The number of carbonyl (C=O) groups excluding carboxylic acids is 1. The Hall–Kier alpha value is -1.66. The summed E-state index contributed by atoms with van der Waals surface area (Å²) >= 11 is 0. The molecule has 1 fully saturated rings. The maximum Gasteiger partial charge on any atom is 0.258 e. The number of ether oxygens (including phenoxy) is 2. The molecule has 22 heavy (non-hydrogen) atoms. The van der Waals surface area contributed by atoms with Crippen molar-refractivity contribution < 1.29 is 18.7 Å². The SMILES string of the molecule is COc1cccc(F)c1C(=O)N[C@H]1CN(C(C)C)C[C@@H]1OC. The Kier molecular flexibility index (Phi) is 5.37. The van der Waals surface area contributed by atoms with Crippen molar-refractivity contribution in [1.82, 2.24) is 10.2 Å². The van der Waals surface area contributed by atoms with Gasteiger partial charge in [0.25, 0.3) is 5.91 Å². The molecular weight excluding hydrogens is 287 g/mol. The normalized spacial score (nSPS) is 22.1. The van der Waals surface area contributed by atoms with Crippen LogP contribution in [0.1, 0.15) is 24.2 Å². The standard InChI is InChI=1S/C16H23FN2O3/c1-10(2)19-8-12(14(9-19)22-4)18-16(20)15-11(17)6-5-7-13(15)21-3/h5-7,10,12,14H,8-9H2,1-4H3,(H,18,20)/t12-,14-/m0/s1. The molecule has 0 aromatic heterocycles. The molecule has 6 heteroatoms. The highest BCUT2D eigenvalue weighted by Gasteiger charge is 2.35. The summed E-state index contributed by atoms with van der Waals surface area (Å²) in [7, 11) is 3.04. The van der Waals surface area contributed by atoms with Gasteiger partial charge in [0.15, 0.2) is 0 Å². The van der Waals surface area contributed by atoms with Gasteiger partial charge in [-0.05, 0) is 26.0 Å². The number of hydrogen-bond donors (Lipinski definition) is 1. The van der Waals surface area contributed by atoms with Crippen molar-refractivity contribution in [3.8, 4) is 5.75 Å². The Labute approximate surface area is 130 Å². The van der Waals surface area contributed by atoms with Crippen LogP contribution >= 0.6 is 0 Å². The number of hydrogen-bond acceptors (Lipinski definition) is 4. The maximum absolute atomic E-state index is 14.0. The van der Waals surface area contributed by atoms with Crippen LogP contribution in [0.3, 0.4) is 0 Å². The van der Waals surface area contributed by atoms with Crippen molar-refractivity contribution in [3.63, 3.8) is 0 Å². The van der Waals surface area contributed by atoms with Gasteiger partial charge in [0, 0.05) is 26.2 Å². The molecule has 1 aromatic carbocycles. The number of nitrogens with one attached hydrogen (secondary N) is 1. The molecule has 2 rings (SSSR count). The molecule has 1 aliphatic heterocycles. The zero-order valence-electron chi connectivity index (χ0n) is 13.4. The summed E-state index contributed by atoms with van der Waals surface area (Å²) in [5, 5.41) is 2.87. The lowest BCUT2D eigenvalue weighted by Gasteiger charge is -2.20. The lowest BCUT2D eigenvalue weighted by Crippen LogP contribution is -2.44. The van der Waals surface area contributed by atoms with Crippen molar-refractivity contribution >= 4 is 5.91 Å². The Morgan fingerprint density at radius 2 is 2.09 bits per heavy atom. The van der Waals surface area contributed by atoms with E-state index in [9.17, 15) is 9.18 Å². The number of halogens is 1. The van der Waals surface area contributed by atoms with Crippen molar-refractivity contribution in [1.29, 1.82) is 0 Å². The molecule has 1 saturated heterocycles. The number of likely N-dealkylation sites (tertiary alicyclic amines) is 1. The first-order valence-corrected chi connectivity index (χ1v) is 7.38. The molecule has 0 unspecified atom stereocenters. The number of methoxy groups -OCH3 is 2. The third kappa shape index (κ3) is 3.39. The second kappa shape index (κ2) is 7.07. The number of rotatable bonds is 5. The molecule has 1 aromatic rings. The second-order valence-electron chi connectivity index (χ2n) is 5.72. The van der Waals surface area contributed by atoms with Gasteiger partial charge in [0.2, 0.25) is 0 Å². The summed E-state index contributed by atoms with van der Waals surface area (Å²) in [4.78, 5) is 14.7. The van der Waals surface area contributed by atoms with Crippen LogP contribution in [0.2, 0.25) is 0 Å². The van der Waals surface area contributed by atoms with Crippen molar-refractivity contribution in [2.24, 2.45) is 0 Å². The molecule has 0 spiro atoms. The first-order chi connectivity index (χ1) is 10.5. The van der Waals surface area contributed by atoms with Crippen LogP contribution in [0.5, 0.6) is 5.75 Å². The number of nitrogens with zero attached hydrogens (tertiary/aromatic N) is 1. The van der Waals surface area contributed by atoms with E-state index >= 15 is 0 Å². The smallest absolute Gasteiger partial charge is 0.258 e. The monoisotopic (exact) mass is 310 g/mol. The van der Waals surface area contributed by atoms with Crippen LogP contribution in [0.15, 0.2) is 18.2 Å². The number of amides is 1. The average Bonchev–Trinajstić information content (AvgIpc) is 2.89. The molecule has 0 aliphatic carbocycles. The van der Waals surface area contributed by atoms with Gasteiger partial charge in [0.05, 0.1) is 19.3 Å². The highest BCUT2D eigenvalue weighted by molar-refractivity contribution is 5.97. The first-order valence-electron chi connectivity index (χ1n) is 7.38. The maximum atomic E-state index is 14.0. The van der Waals surface area contributed by atoms with Crippen molar-refractivity contribution in [2.75, 3.05) is 27.3 Å². The summed E-state index contributed by atoms with van der Waals surface area (Å²) in [6.07, 6.45) is -0.107. The summed E-state index contributed by atoms with van der Waals surface area (Å²) < 4.78 is 24.5. The molecule has 1 heterocycles. The van der Waals surface area contributed by atoms with E-state index in [0.29, 0.717) is 12.6 Å². The highest BCUT2D eigenvalue weighted by Crippen LogP contribution is 2.22. The Morgan fingerprint density at radius 3 is 2.68 bits per heavy atom. The van der Waals surface area contributed by atoms with E-state index in [1.54, 1.807) is 13.2 Å². The molecule has 5 nitrogen and oxygen atoms in total. The molecule has 1 aliphatic rings. The van der Waals surface area contributed by atoms with Crippen LogP contribution in [0, 0.1) is 5.82 Å². The van der Waals surface area contributed by atoms with Crippen LogP contribution in [0.4, 0.5) is 4.39 Å². The molecule has 1 amide bonds. The zero-order chi connectivity index (χ0) is 16.3. The minimum Gasteiger partial charge on any atom is -0.496 e. The zero-order valence-corrected chi connectivity index (χ0v) is 13.4. The summed E-state index contributed by atoms with van der Waals surface area (Å²) in [6.45, 7) is 5.61. The van der Waals surface area contributed by atoms with Gasteiger partial charge in [-0.15, -0.1) is 0 Å². The molecule has 0 radical (unpaired) electrons. The van der Waals surface area contributed by atoms with Crippen LogP contribution < -0.4 is 10.1 Å². The molecule has 2 atom stereocenters. The fourth-order valence-electron chi connectivity index (χ4n) is 2.74. The molecule has 0 saturated carbocycles. The minimum atomic E-state index is -0.593. The Bertz CT molecular complexity index is 536. The van der Waals surface area contributed by atoms with E-state index in [4.69, 9.17) is 9.47 Å². The molecule has 0 bridgehead atoms. The third-order valence-electron chi connectivity index (χ3n) is 4.07. The fraction of sp³-hybridized carbons (Fsp3) is 0.562. The summed E-state index contributed by atoms with van der Waals surface area (Å²) in [5.41, 5.74) is -0.0668. The van der Waals surface area contributed by atoms with E-state index in [0.717, 1.165) is 6.54 Å². The van der Waals surface area contributed by atoms with Crippen LogP contribution in [-0.2, 0) is 4.74 Å². The Morgan fingerprint density at radius 1 is 1.36 bits per heavy atom. The number of benzene rings is 1. The van der Waals surface area contributed by atoms with Crippen LogP contribution in [-0.4, -0.2) is 56.3 Å². The fourth-order valence-corrected chi connectivity index (χ4v) is 2.74. The summed E-state index contributed by atoms with van der Waals surface area (Å²) in [5.74, 6) is -0.845. The summed E-state index contributed by atoms with van der Waals surface area (Å²) in [6, 6.07) is 4.52. The molecule has 1 N–H and O–H groups in total. The quantitative estimate of drug-likeness (QED) is 0.899. The first kappa shape index (κ1) is 16.7. The molecule has 122 valence electrons. The van der Waals surface area contributed by atoms with Gasteiger partial charge in [-0.3, -0.25) is 9.69 Å². The topological polar surface area (TPSA) is 50.8 Å². The predicted molar refractivity (Wildman–Crippen MR) is 81.7 cm³/mol. The predicted octanol–water partition coefficient (Wildman–Crippen LogP) is 1.67. The minimum absolute atomic E-state index is 0.0668. The van der Waals surface area contributed by atoms with Crippen molar-refractivity contribution in [2.45, 2.75) is 32.0 Å². The highest BCUT2D eigenvalue weighted by atomic mass is 19.1. The molecular formula is C16H23FN2O3. The van der Waals surface area contributed by atoms with E-state index in [-0.39, 0.29) is 23.5 Å². The van der Waals surface area contributed by atoms with E-state index < -0.39 is 11.7 Å². The number of carbonyl (C=O) groups is 1. The van der Waals surface area contributed by atoms with Gasteiger partial charge in [0.1, 0.15) is 17.1 Å². The lowest BCUT2D eigenvalue weighted by molar-refractivity contribution is 0.0749. The van der Waals surface area contributed by atoms with Crippen LogP contribution in [0.25, 0.3) is 0 Å². The lowest BCUT2D eigenvalue weighted by atomic mass is 10.1. The van der Waals surface area contributed by atoms with Gasteiger partial charge >= 0.3 is 0 Å². The van der Waals surface area contributed by atoms with E-state index in [1.165, 1.54) is 19.2 Å². The van der Waals surface area contributed by atoms with E-state index in [2.05, 4.69) is 24.1 Å². The van der Waals surface area contributed by atoms with Gasteiger partial charge < -0.3 is 14.8 Å². The van der Waals surface area contributed by atoms with Gasteiger partial charge in [-0.25, -0.2) is 4.39 Å². The second-order valence-corrected chi connectivity index (χ2v) is 5.72. The Balaban J connectivity index is 2.15. The van der Waals surface area contributed by atoms with Crippen molar-refractivity contribution in [3.05, 3.63) is 29.6 Å². The van der Waals surface area contributed by atoms with Gasteiger partial charge in [-0.2, -0.15) is 0 Å².